The van der Waals surface area contributed by atoms with Crippen LogP contribution in [-0.4, -0.2) is 33.1 Å². The molecule has 1 atom stereocenters. The monoisotopic (exact) mass is 289 g/mol. The Labute approximate surface area is 121 Å². The van der Waals surface area contributed by atoms with Gasteiger partial charge in [-0.25, -0.2) is 0 Å². The number of methoxy groups -OCH3 is 1. The lowest BCUT2D eigenvalue weighted by atomic mass is 10.2. The zero-order valence-corrected chi connectivity index (χ0v) is 12.4. The summed E-state index contributed by atoms with van der Waals surface area (Å²) in [7, 11) is 1.61. The summed E-state index contributed by atoms with van der Waals surface area (Å²) in [5, 5.41) is 21.2. The number of aromatic nitrogens is 4. The van der Waals surface area contributed by atoms with Crippen LogP contribution in [0.25, 0.3) is 5.69 Å². The maximum absolute atomic E-state index is 8.83. The maximum atomic E-state index is 8.83. The first-order chi connectivity index (χ1) is 9.65. The lowest BCUT2D eigenvalue weighted by molar-refractivity contribution is 0.410. The maximum Gasteiger partial charge on any atom is 0.214 e. The van der Waals surface area contributed by atoms with Crippen molar-refractivity contribution in [2.75, 3.05) is 12.9 Å². The molecule has 0 aliphatic carbocycles. The van der Waals surface area contributed by atoms with Crippen molar-refractivity contribution >= 4 is 11.8 Å². The first kappa shape index (κ1) is 14.3. The van der Waals surface area contributed by atoms with Crippen LogP contribution < -0.4 is 4.74 Å². The van der Waals surface area contributed by atoms with E-state index in [2.05, 4.69) is 21.6 Å². The highest BCUT2D eigenvalue weighted by Gasteiger charge is 2.14. The molecular weight excluding hydrogens is 274 g/mol. The Bertz CT molecular complexity index is 634. The van der Waals surface area contributed by atoms with E-state index in [0.29, 0.717) is 16.7 Å². The highest BCUT2D eigenvalue weighted by Crippen LogP contribution is 2.27. The Hall–Kier alpha value is -2.07. The average molecular weight is 289 g/mol. The summed E-state index contributed by atoms with van der Waals surface area (Å²) in [4.78, 5) is 0. The largest absolute Gasteiger partial charge is 0.494 e. The quantitative estimate of drug-likeness (QED) is 0.786. The molecule has 20 heavy (non-hydrogen) atoms. The first-order valence-corrected chi connectivity index (χ1v) is 7.10. The average Bonchev–Trinajstić information content (AvgIpc) is 2.92. The topological polar surface area (TPSA) is 76.6 Å². The van der Waals surface area contributed by atoms with Gasteiger partial charge in [-0.1, -0.05) is 17.8 Å². The summed E-state index contributed by atoms with van der Waals surface area (Å²) in [6.45, 7) is 3.87. The highest BCUT2D eigenvalue weighted by atomic mass is 32.2. The number of thioether (sulfide) groups is 1. The number of tetrazole rings is 1. The van der Waals surface area contributed by atoms with Gasteiger partial charge in [-0.05, 0) is 42.0 Å². The molecule has 0 aliphatic heterocycles. The van der Waals surface area contributed by atoms with Gasteiger partial charge in [-0.2, -0.15) is 9.94 Å². The lowest BCUT2D eigenvalue weighted by Crippen LogP contribution is -2.04. The second-order valence-corrected chi connectivity index (χ2v) is 5.38. The van der Waals surface area contributed by atoms with Gasteiger partial charge in [0.1, 0.15) is 11.4 Å². The van der Waals surface area contributed by atoms with E-state index in [9.17, 15) is 0 Å². The van der Waals surface area contributed by atoms with E-state index >= 15 is 0 Å². The predicted molar refractivity (Wildman–Crippen MR) is 75.9 cm³/mol. The Kier molecular flexibility index (Phi) is 4.58. The van der Waals surface area contributed by atoms with Crippen LogP contribution in [-0.2, 0) is 0 Å². The molecule has 1 aromatic carbocycles. The molecule has 7 heteroatoms. The van der Waals surface area contributed by atoms with E-state index in [1.165, 1.54) is 11.8 Å². The highest BCUT2D eigenvalue weighted by molar-refractivity contribution is 7.99. The summed E-state index contributed by atoms with van der Waals surface area (Å²) >= 11 is 1.46. The molecule has 2 rings (SSSR count). The molecule has 0 N–H and O–H groups in total. The van der Waals surface area contributed by atoms with Crippen LogP contribution >= 0.6 is 11.8 Å². The van der Waals surface area contributed by atoms with Gasteiger partial charge < -0.3 is 4.74 Å². The number of ether oxygens (including phenoxy) is 1. The molecule has 6 nitrogen and oxygen atoms in total. The van der Waals surface area contributed by atoms with Gasteiger partial charge in [0.25, 0.3) is 0 Å². The third kappa shape index (κ3) is 3.08. The standard InChI is InChI=1S/C13H15N5OS/c1-9-4-5-12(19-3)11(6-9)18-13(15-16-17-18)20-8-10(2)7-14/h4-6,10H,8H2,1-3H3/t10-/m1/s1. The minimum Gasteiger partial charge on any atom is -0.494 e. The van der Waals surface area contributed by atoms with E-state index in [1.807, 2.05) is 32.0 Å². The molecule has 0 saturated heterocycles. The SMILES string of the molecule is COc1ccc(C)cc1-n1nnnc1SC[C@H](C)C#N. The number of nitrogens with zero attached hydrogens (tertiary/aromatic N) is 5. The minimum atomic E-state index is -0.0513. The molecule has 0 spiro atoms. The molecule has 0 fully saturated rings. The Balaban J connectivity index is 2.32. The van der Waals surface area contributed by atoms with Crippen molar-refractivity contribution in [1.82, 2.24) is 20.2 Å². The van der Waals surface area contributed by atoms with Gasteiger partial charge in [0.2, 0.25) is 5.16 Å². The van der Waals surface area contributed by atoms with E-state index in [1.54, 1.807) is 11.8 Å². The summed E-state index contributed by atoms with van der Waals surface area (Å²) < 4.78 is 6.99. The number of aryl methyl sites for hydroxylation is 1. The summed E-state index contributed by atoms with van der Waals surface area (Å²) in [5.41, 5.74) is 1.89. The van der Waals surface area contributed by atoms with Crippen LogP contribution in [0.5, 0.6) is 5.75 Å². The second kappa shape index (κ2) is 6.39. The zero-order valence-electron chi connectivity index (χ0n) is 11.6. The van der Waals surface area contributed by atoms with Crippen molar-refractivity contribution in [3.8, 4) is 17.5 Å². The normalized spacial score (nSPS) is 11.9. The Morgan fingerprint density at radius 1 is 1.50 bits per heavy atom. The van der Waals surface area contributed by atoms with E-state index < -0.39 is 0 Å². The molecule has 0 unspecified atom stereocenters. The van der Waals surface area contributed by atoms with Crippen molar-refractivity contribution in [2.24, 2.45) is 5.92 Å². The summed E-state index contributed by atoms with van der Waals surface area (Å²) in [5.74, 6) is 1.30. The van der Waals surface area contributed by atoms with Crippen LogP contribution in [0.2, 0.25) is 0 Å². The van der Waals surface area contributed by atoms with Crippen LogP contribution in [0.3, 0.4) is 0 Å². The van der Waals surface area contributed by atoms with E-state index in [4.69, 9.17) is 10.00 Å². The van der Waals surface area contributed by atoms with Gasteiger partial charge in [-0.3, -0.25) is 0 Å². The Morgan fingerprint density at radius 3 is 3.00 bits per heavy atom. The van der Waals surface area contributed by atoms with Gasteiger partial charge >= 0.3 is 0 Å². The third-order valence-electron chi connectivity index (χ3n) is 2.69. The molecule has 0 aliphatic rings. The summed E-state index contributed by atoms with van der Waals surface area (Å²) in [6, 6.07) is 8.02. The van der Waals surface area contributed by atoms with Gasteiger partial charge in [0.05, 0.1) is 19.1 Å². The van der Waals surface area contributed by atoms with E-state index in [0.717, 1.165) is 11.3 Å². The van der Waals surface area contributed by atoms with Crippen LogP contribution in [0.1, 0.15) is 12.5 Å². The van der Waals surface area contributed by atoms with E-state index in [-0.39, 0.29) is 5.92 Å². The number of hydrogen-bond donors (Lipinski definition) is 0. The second-order valence-electron chi connectivity index (χ2n) is 4.39. The number of benzene rings is 1. The fraction of sp³-hybridized carbons (Fsp3) is 0.385. The van der Waals surface area contributed by atoms with Gasteiger partial charge in [-0.15, -0.1) is 5.10 Å². The predicted octanol–water partition coefficient (Wildman–Crippen LogP) is 2.23. The Morgan fingerprint density at radius 2 is 2.30 bits per heavy atom. The molecular formula is C13H15N5OS. The fourth-order valence-corrected chi connectivity index (χ4v) is 2.45. The van der Waals surface area contributed by atoms with Crippen molar-refractivity contribution in [3.63, 3.8) is 0 Å². The van der Waals surface area contributed by atoms with Crippen molar-refractivity contribution in [3.05, 3.63) is 23.8 Å². The molecule has 2 aromatic rings. The minimum absolute atomic E-state index is 0.0513. The molecule has 0 amide bonds. The molecule has 1 heterocycles. The van der Waals surface area contributed by atoms with Crippen LogP contribution in [0.4, 0.5) is 0 Å². The zero-order chi connectivity index (χ0) is 14.5. The number of rotatable bonds is 5. The van der Waals surface area contributed by atoms with Crippen molar-refractivity contribution < 1.29 is 4.74 Å². The smallest absolute Gasteiger partial charge is 0.214 e. The fourth-order valence-electron chi connectivity index (χ4n) is 1.62. The first-order valence-electron chi connectivity index (χ1n) is 6.11. The number of nitriles is 1. The van der Waals surface area contributed by atoms with Gasteiger partial charge in [0, 0.05) is 5.75 Å². The summed E-state index contributed by atoms with van der Waals surface area (Å²) in [6.07, 6.45) is 0. The molecule has 0 bridgehead atoms. The van der Waals surface area contributed by atoms with Crippen LogP contribution in [0.15, 0.2) is 23.4 Å². The molecule has 104 valence electrons. The molecule has 0 radical (unpaired) electrons. The van der Waals surface area contributed by atoms with Crippen LogP contribution in [0, 0.1) is 24.2 Å². The van der Waals surface area contributed by atoms with Gasteiger partial charge in [0.15, 0.2) is 0 Å². The molecule has 0 saturated carbocycles. The van der Waals surface area contributed by atoms with Crippen molar-refractivity contribution in [1.29, 1.82) is 5.26 Å². The lowest BCUT2D eigenvalue weighted by Gasteiger charge is -2.10. The molecule has 1 aromatic heterocycles. The van der Waals surface area contributed by atoms with Crippen molar-refractivity contribution in [2.45, 2.75) is 19.0 Å². The number of hydrogen-bond acceptors (Lipinski definition) is 6. The third-order valence-corrected chi connectivity index (χ3v) is 3.87.